The first-order valence-electron chi connectivity index (χ1n) is 13.0. The monoisotopic (exact) mass is 511 g/mol. The van der Waals surface area contributed by atoms with Gasteiger partial charge in [-0.3, -0.25) is 4.79 Å². The number of carbonyl (C=O) groups excluding carboxylic acids is 2. The quantitative estimate of drug-likeness (QED) is 0.360. The first-order valence-corrected chi connectivity index (χ1v) is 13.0. The van der Waals surface area contributed by atoms with Crippen LogP contribution >= 0.6 is 0 Å². The number of alkyl halides is 3. The summed E-state index contributed by atoms with van der Waals surface area (Å²) in [7, 11) is 0. The molecule has 1 aromatic rings. The second-order valence-corrected chi connectivity index (χ2v) is 11.8. The SMILES string of the molecule is CCOC(=O)C12CCC(N(CCC(C)C)C(=O)OC(C)(C)C)(CC1)[C@@H](c1ccc(C(F)(F)F)cc1)C2. The lowest BCUT2D eigenvalue weighted by molar-refractivity contribution is -0.168. The molecule has 3 fully saturated rings. The van der Waals surface area contributed by atoms with Crippen molar-refractivity contribution in [3.63, 3.8) is 0 Å². The van der Waals surface area contributed by atoms with Crippen LogP contribution in [0.5, 0.6) is 0 Å². The van der Waals surface area contributed by atoms with Gasteiger partial charge in [0.15, 0.2) is 0 Å². The average molecular weight is 512 g/mol. The van der Waals surface area contributed by atoms with E-state index in [4.69, 9.17) is 9.47 Å². The normalized spacial score (nSPS) is 26.1. The second kappa shape index (κ2) is 10.3. The van der Waals surface area contributed by atoms with E-state index in [0.717, 1.165) is 18.6 Å². The van der Waals surface area contributed by atoms with Gasteiger partial charge in [-0.05, 0) is 89.8 Å². The number of esters is 1. The molecule has 5 nitrogen and oxygen atoms in total. The number of nitrogens with zero attached hydrogens (tertiary/aromatic N) is 1. The van der Waals surface area contributed by atoms with Crippen molar-refractivity contribution in [2.24, 2.45) is 11.3 Å². The van der Waals surface area contributed by atoms with Crippen LogP contribution in [-0.4, -0.2) is 41.3 Å². The Hall–Kier alpha value is -2.25. The van der Waals surface area contributed by atoms with Crippen LogP contribution in [-0.2, 0) is 20.4 Å². The summed E-state index contributed by atoms with van der Waals surface area (Å²) in [5, 5.41) is 0. The average Bonchev–Trinajstić information content (AvgIpc) is 2.78. The highest BCUT2D eigenvalue weighted by Gasteiger charge is 2.61. The Morgan fingerprint density at radius 2 is 1.64 bits per heavy atom. The molecule has 0 heterocycles. The highest BCUT2D eigenvalue weighted by molar-refractivity contribution is 5.78. The van der Waals surface area contributed by atoms with E-state index in [1.807, 2.05) is 25.7 Å². The first-order chi connectivity index (χ1) is 16.6. The number of amides is 1. The fourth-order valence-electron chi connectivity index (χ4n) is 5.86. The summed E-state index contributed by atoms with van der Waals surface area (Å²) in [4.78, 5) is 28.5. The number of carbonyl (C=O) groups is 2. The van der Waals surface area contributed by atoms with Gasteiger partial charge in [0, 0.05) is 12.5 Å². The van der Waals surface area contributed by atoms with Gasteiger partial charge in [0.1, 0.15) is 5.60 Å². The van der Waals surface area contributed by atoms with Crippen molar-refractivity contribution >= 4 is 12.1 Å². The van der Waals surface area contributed by atoms with Crippen molar-refractivity contribution in [3.05, 3.63) is 35.4 Å². The topological polar surface area (TPSA) is 55.8 Å². The van der Waals surface area contributed by atoms with E-state index < -0.39 is 34.4 Å². The number of benzene rings is 1. The molecule has 3 aliphatic carbocycles. The molecule has 0 spiro atoms. The Balaban J connectivity index is 2.08. The molecular formula is C28H40F3NO4. The van der Waals surface area contributed by atoms with Crippen LogP contribution in [0.4, 0.5) is 18.0 Å². The summed E-state index contributed by atoms with van der Waals surface area (Å²) in [5.41, 5.74) is -2.04. The van der Waals surface area contributed by atoms with Gasteiger partial charge in [-0.2, -0.15) is 13.2 Å². The number of ether oxygens (including phenoxy) is 2. The molecule has 4 rings (SSSR count). The van der Waals surface area contributed by atoms with E-state index in [2.05, 4.69) is 13.8 Å². The predicted molar refractivity (Wildman–Crippen MR) is 131 cm³/mol. The van der Waals surface area contributed by atoms with Gasteiger partial charge < -0.3 is 14.4 Å². The molecule has 0 unspecified atom stereocenters. The van der Waals surface area contributed by atoms with E-state index in [1.54, 1.807) is 6.92 Å². The van der Waals surface area contributed by atoms with Crippen LogP contribution in [0, 0.1) is 11.3 Å². The molecule has 0 aromatic heterocycles. The van der Waals surface area contributed by atoms with E-state index >= 15 is 0 Å². The van der Waals surface area contributed by atoms with Gasteiger partial charge >= 0.3 is 18.2 Å². The molecular weight excluding hydrogens is 471 g/mol. The molecule has 8 heteroatoms. The van der Waals surface area contributed by atoms with Crippen molar-refractivity contribution < 1.29 is 32.2 Å². The lowest BCUT2D eigenvalue weighted by atomic mass is 9.51. The zero-order chi connectivity index (χ0) is 26.9. The lowest BCUT2D eigenvalue weighted by Gasteiger charge is -2.60. The maximum Gasteiger partial charge on any atom is 0.416 e. The van der Waals surface area contributed by atoms with E-state index in [1.165, 1.54) is 12.1 Å². The van der Waals surface area contributed by atoms with Crippen LogP contribution in [0.25, 0.3) is 0 Å². The molecule has 0 N–H and O–H groups in total. The van der Waals surface area contributed by atoms with Crippen LogP contribution in [0.2, 0.25) is 0 Å². The summed E-state index contributed by atoms with van der Waals surface area (Å²) in [6, 6.07) is 5.19. The Labute approximate surface area is 212 Å². The number of halogens is 3. The molecule has 202 valence electrons. The molecule has 0 radical (unpaired) electrons. The Kier molecular flexibility index (Phi) is 8.07. The fourth-order valence-corrected chi connectivity index (χ4v) is 5.86. The Morgan fingerprint density at radius 3 is 2.11 bits per heavy atom. The molecule has 36 heavy (non-hydrogen) atoms. The van der Waals surface area contributed by atoms with Gasteiger partial charge in [0.25, 0.3) is 0 Å². The molecule has 0 saturated heterocycles. The minimum absolute atomic E-state index is 0.249. The molecule has 3 saturated carbocycles. The van der Waals surface area contributed by atoms with Gasteiger partial charge in [-0.15, -0.1) is 0 Å². The molecule has 1 amide bonds. The van der Waals surface area contributed by atoms with Crippen molar-refractivity contribution in [1.29, 1.82) is 0 Å². The maximum absolute atomic E-state index is 13.6. The fraction of sp³-hybridized carbons (Fsp3) is 0.714. The van der Waals surface area contributed by atoms with Gasteiger partial charge in [-0.25, -0.2) is 4.79 Å². The zero-order valence-corrected chi connectivity index (χ0v) is 22.3. The number of rotatable bonds is 7. The van der Waals surface area contributed by atoms with Gasteiger partial charge in [-0.1, -0.05) is 26.0 Å². The number of hydrogen-bond donors (Lipinski definition) is 0. The molecule has 1 atom stereocenters. The van der Waals surface area contributed by atoms with Crippen LogP contribution in [0.15, 0.2) is 24.3 Å². The van der Waals surface area contributed by atoms with Crippen molar-refractivity contribution in [3.8, 4) is 0 Å². The smallest absolute Gasteiger partial charge is 0.416 e. The van der Waals surface area contributed by atoms with Crippen molar-refractivity contribution in [2.75, 3.05) is 13.2 Å². The summed E-state index contributed by atoms with van der Waals surface area (Å²) in [6.45, 7) is 12.2. The van der Waals surface area contributed by atoms with Crippen molar-refractivity contribution in [1.82, 2.24) is 4.90 Å². The maximum atomic E-state index is 13.6. The summed E-state index contributed by atoms with van der Waals surface area (Å²) < 4.78 is 51.1. The standard InChI is InChI=1S/C28H40F3NO4/c1-7-35-23(33)26-13-15-27(16-14-26,32(17-12-19(2)3)24(34)36-25(4,5)6)22(18-26)20-8-10-21(11-9-20)28(29,30)31/h8-11,19,22H,7,12-18H2,1-6H3/t22-,26?,27?/m1/s1. The van der Waals surface area contributed by atoms with E-state index in [9.17, 15) is 22.8 Å². The molecule has 1 aromatic carbocycles. The first kappa shape index (κ1) is 28.3. The molecule has 2 bridgehead atoms. The zero-order valence-electron chi connectivity index (χ0n) is 22.3. The highest BCUT2D eigenvalue weighted by atomic mass is 19.4. The summed E-state index contributed by atoms with van der Waals surface area (Å²) >= 11 is 0. The second-order valence-electron chi connectivity index (χ2n) is 11.8. The lowest BCUT2D eigenvalue weighted by Crippen LogP contribution is -2.64. The van der Waals surface area contributed by atoms with Crippen molar-refractivity contribution in [2.45, 2.75) is 103 Å². The molecule has 3 aliphatic rings. The predicted octanol–water partition coefficient (Wildman–Crippen LogP) is 7.34. The van der Waals surface area contributed by atoms with E-state index in [0.29, 0.717) is 50.1 Å². The summed E-state index contributed by atoms with van der Waals surface area (Å²) in [6.07, 6.45) is -1.38. The Morgan fingerprint density at radius 1 is 1.06 bits per heavy atom. The Bertz CT molecular complexity index is 926. The van der Waals surface area contributed by atoms with Gasteiger partial charge in [0.2, 0.25) is 0 Å². The number of fused-ring (bicyclic) bond motifs is 3. The van der Waals surface area contributed by atoms with Crippen LogP contribution in [0.1, 0.15) is 97.1 Å². The highest BCUT2D eigenvalue weighted by Crippen LogP contribution is 2.61. The largest absolute Gasteiger partial charge is 0.466 e. The number of hydrogen-bond acceptors (Lipinski definition) is 4. The van der Waals surface area contributed by atoms with Gasteiger partial charge in [0.05, 0.1) is 23.1 Å². The third kappa shape index (κ3) is 5.83. The third-order valence-corrected chi connectivity index (χ3v) is 7.75. The minimum atomic E-state index is -4.44. The van der Waals surface area contributed by atoms with Crippen LogP contribution in [0.3, 0.4) is 0 Å². The molecule has 0 aliphatic heterocycles. The summed E-state index contributed by atoms with van der Waals surface area (Å²) in [5.74, 6) is -0.214. The van der Waals surface area contributed by atoms with Crippen LogP contribution < -0.4 is 0 Å². The van der Waals surface area contributed by atoms with E-state index in [-0.39, 0.29) is 18.5 Å². The third-order valence-electron chi connectivity index (χ3n) is 7.75. The minimum Gasteiger partial charge on any atom is -0.466 e.